The number of nitrogens with zero attached hydrogens (tertiary/aromatic N) is 2. The molecule has 1 aromatic rings. The Morgan fingerprint density at radius 1 is 1.50 bits per heavy atom. The van der Waals surface area contributed by atoms with Crippen LogP contribution in [-0.4, -0.2) is 34.8 Å². The Labute approximate surface area is 108 Å². The molecule has 0 N–H and O–H groups in total. The number of oxazole rings is 1. The van der Waals surface area contributed by atoms with Gasteiger partial charge in [-0.15, -0.1) is 0 Å². The summed E-state index contributed by atoms with van der Waals surface area (Å²) < 4.78 is 5.36. The summed E-state index contributed by atoms with van der Waals surface area (Å²) in [5.74, 6) is 1.32. The van der Waals surface area contributed by atoms with Crippen LogP contribution in [0, 0.1) is 5.92 Å². The fourth-order valence-corrected chi connectivity index (χ4v) is 2.49. The zero-order chi connectivity index (χ0) is 13.1. The van der Waals surface area contributed by atoms with Gasteiger partial charge in [0.25, 0.3) is 0 Å². The molecule has 0 unspecified atom stereocenters. The van der Waals surface area contributed by atoms with E-state index in [0.29, 0.717) is 23.5 Å². The van der Waals surface area contributed by atoms with Gasteiger partial charge in [-0.3, -0.25) is 4.79 Å². The van der Waals surface area contributed by atoms with Gasteiger partial charge in [0.15, 0.2) is 11.7 Å². The highest BCUT2D eigenvalue weighted by atomic mass is 16.3. The summed E-state index contributed by atoms with van der Waals surface area (Å²) in [5.41, 5.74) is 0.449. The van der Waals surface area contributed by atoms with Crippen LogP contribution in [0.3, 0.4) is 0 Å². The highest BCUT2D eigenvalue weighted by molar-refractivity contribution is 5.91. The van der Waals surface area contributed by atoms with Crippen LogP contribution in [0.25, 0.3) is 0 Å². The lowest BCUT2D eigenvalue weighted by Crippen LogP contribution is -2.38. The van der Waals surface area contributed by atoms with Crippen molar-refractivity contribution in [1.82, 2.24) is 9.88 Å². The van der Waals surface area contributed by atoms with Crippen LogP contribution < -0.4 is 0 Å². The molecule has 0 bridgehead atoms. The molecule has 1 saturated heterocycles. The first-order valence-electron chi connectivity index (χ1n) is 6.75. The Hall–Kier alpha value is -1.16. The van der Waals surface area contributed by atoms with Gasteiger partial charge >= 0.3 is 0 Å². The monoisotopic (exact) mass is 250 g/mol. The zero-order valence-corrected chi connectivity index (χ0v) is 11.5. The Bertz CT molecular complexity index is 404. The maximum absolute atomic E-state index is 11.1. The van der Waals surface area contributed by atoms with E-state index in [2.05, 4.69) is 23.7 Å². The topological polar surface area (TPSA) is 46.3 Å². The van der Waals surface area contributed by atoms with E-state index in [-0.39, 0.29) is 5.78 Å². The molecule has 1 aliphatic heterocycles. The van der Waals surface area contributed by atoms with Gasteiger partial charge in [0.05, 0.1) is 0 Å². The number of piperidine rings is 1. The Balaban J connectivity index is 1.85. The van der Waals surface area contributed by atoms with Gasteiger partial charge in [0.1, 0.15) is 12.0 Å². The lowest BCUT2D eigenvalue weighted by molar-refractivity contribution is 0.101. The highest BCUT2D eigenvalue weighted by Gasteiger charge is 2.22. The minimum Gasteiger partial charge on any atom is -0.448 e. The van der Waals surface area contributed by atoms with Gasteiger partial charge < -0.3 is 9.32 Å². The number of carbonyl (C=O) groups is 1. The molecule has 1 fully saturated rings. The molecule has 18 heavy (non-hydrogen) atoms. The van der Waals surface area contributed by atoms with E-state index in [0.717, 1.165) is 19.5 Å². The summed E-state index contributed by atoms with van der Waals surface area (Å²) in [6.45, 7) is 8.31. The third-order valence-electron chi connectivity index (χ3n) is 3.76. The van der Waals surface area contributed by atoms with Crippen molar-refractivity contribution in [3.8, 4) is 0 Å². The molecule has 0 spiro atoms. The van der Waals surface area contributed by atoms with E-state index >= 15 is 0 Å². The minimum atomic E-state index is -0.0281. The van der Waals surface area contributed by atoms with Crippen molar-refractivity contribution >= 4 is 5.78 Å². The molecular weight excluding hydrogens is 228 g/mol. The minimum absolute atomic E-state index is 0.0281. The number of carbonyl (C=O) groups excluding carboxylic acids is 1. The second-order valence-electron chi connectivity index (χ2n) is 5.46. The fraction of sp³-hybridized carbons (Fsp3) is 0.714. The van der Waals surface area contributed by atoms with Gasteiger partial charge in [-0.1, -0.05) is 0 Å². The van der Waals surface area contributed by atoms with Gasteiger partial charge in [-0.2, -0.15) is 0 Å². The quantitative estimate of drug-likeness (QED) is 0.770. The zero-order valence-electron chi connectivity index (χ0n) is 11.5. The Morgan fingerprint density at radius 2 is 2.17 bits per heavy atom. The third-order valence-corrected chi connectivity index (χ3v) is 3.76. The Morgan fingerprint density at radius 3 is 2.67 bits per heavy atom. The van der Waals surface area contributed by atoms with E-state index in [1.165, 1.54) is 26.0 Å². The number of aromatic nitrogens is 1. The van der Waals surface area contributed by atoms with Crippen LogP contribution in [-0.2, 0) is 6.42 Å². The summed E-state index contributed by atoms with van der Waals surface area (Å²) in [7, 11) is 0. The van der Waals surface area contributed by atoms with Crippen molar-refractivity contribution in [2.24, 2.45) is 5.92 Å². The molecular formula is C14H22N2O2. The predicted octanol–water partition coefficient (Wildman–Crippen LogP) is 2.54. The molecule has 4 heteroatoms. The predicted molar refractivity (Wildman–Crippen MR) is 69.6 cm³/mol. The molecule has 100 valence electrons. The van der Waals surface area contributed by atoms with Crippen molar-refractivity contribution in [3.63, 3.8) is 0 Å². The molecule has 0 atom stereocenters. The van der Waals surface area contributed by atoms with E-state index in [1.807, 2.05) is 0 Å². The van der Waals surface area contributed by atoms with Crippen LogP contribution in [0.5, 0.6) is 0 Å². The van der Waals surface area contributed by atoms with E-state index in [4.69, 9.17) is 4.42 Å². The fourth-order valence-electron chi connectivity index (χ4n) is 2.49. The summed E-state index contributed by atoms with van der Waals surface area (Å²) in [6.07, 6.45) is 4.71. The smallest absolute Gasteiger partial charge is 0.194 e. The van der Waals surface area contributed by atoms with Gasteiger partial charge in [0.2, 0.25) is 0 Å². The van der Waals surface area contributed by atoms with Crippen LogP contribution in [0.4, 0.5) is 0 Å². The van der Waals surface area contributed by atoms with Crippen molar-refractivity contribution < 1.29 is 9.21 Å². The maximum Gasteiger partial charge on any atom is 0.194 e. The normalized spacial score (nSPS) is 18.4. The first-order chi connectivity index (χ1) is 8.56. The highest BCUT2D eigenvalue weighted by Crippen LogP contribution is 2.22. The summed E-state index contributed by atoms with van der Waals surface area (Å²) in [6, 6.07) is 0.636. The number of rotatable bonds is 4. The summed E-state index contributed by atoms with van der Waals surface area (Å²) in [5, 5.41) is 0. The number of hydrogen-bond acceptors (Lipinski definition) is 4. The number of likely N-dealkylation sites (tertiary alicyclic amines) is 1. The van der Waals surface area contributed by atoms with E-state index in [1.54, 1.807) is 0 Å². The summed E-state index contributed by atoms with van der Waals surface area (Å²) in [4.78, 5) is 17.9. The van der Waals surface area contributed by atoms with E-state index in [9.17, 15) is 4.79 Å². The second kappa shape index (κ2) is 5.65. The lowest BCUT2D eigenvalue weighted by atomic mass is 9.93. The van der Waals surface area contributed by atoms with Gasteiger partial charge in [-0.25, -0.2) is 4.98 Å². The van der Waals surface area contributed by atoms with Crippen molar-refractivity contribution in [2.45, 2.75) is 46.1 Å². The van der Waals surface area contributed by atoms with Crippen LogP contribution >= 0.6 is 0 Å². The molecule has 0 amide bonds. The SMILES string of the molecule is CC(=O)c1coc(CC2CCN(C(C)C)CC2)n1. The molecule has 1 aliphatic rings. The van der Waals surface area contributed by atoms with Crippen molar-refractivity contribution in [3.05, 3.63) is 17.8 Å². The standard InChI is InChI=1S/C14H22N2O2/c1-10(2)16-6-4-12(5-7-16)8-14-15-13(9-18-14)11(3)17/h9-10,12H,4-8H2,1-3H3. The first-order valence-corrected chi connectivity index (χ1v) is 6.75. The maximum atomic E-state index is 11.1. The second-order valence-corrected chi connectivity index (χ2v) is 5.46. The van der Waals surface area contributed by atoms with E-state index < -0.39 is 0 Å². The number of ketones is 1. The molecule has 0 aliphatic carbocycles. The third kappa shape index (κ3) is 3.19. The van der Waals surface area contributed by atoms with Crippen LogP contribution in [0.1, 0.15) is 50.0 Å². The molecule has 1 aromatic heterocycles. The average Bonchev–Trinajstić information content (AvgIpc) is 2.78. The van der Waals surface area contributed by atoms with Crippen LogP contribution in [0.2, 0.25) is 0 Å². The summed E-state index contributed by atoms with van der Waals surface area (Å²) >= 11 is 0. The molecule has 4 nitrogen and oxygen atoms in total. The first kappa shape index (κ1) is 13.3. The van der Waals surface area contributed by atoms with Crippen LogP contribution in [0.15, 0.2) is 10.7 Å². The lowest BCUT2D eigenvalue weighted by Gasteiger charge is -2.34. The number of hydrogen-bond donors (Lipinski definition) is 0. The van der Waals surface area contributed by atoms with Crippen molar-refractivity contribution in [2.75, 3.05) is 13.1 Å². The molecule has 0 saturated carbocycles. The van der Waals surface area contributed by atoms with Crippen molar-refractivity contribution in [1.29, 1.82) is 0 Å². The molecule has 0 aromatic carbocycles. The Kier molecular flexibility index (Phi) is 4.17. The van der Waals surface area contributed by atoms with Gasteiger partial charge in [0, 0.05) is 19.4 Å². The molecule has 0 radical (unpaired) electrons. The number of Topliss-reactive ketones (excluding diaryl/α,β-unsaturated/α-hetero) is 1. The van der Waals surface area contributed by atoms with Gasteiger partial charge in [-0.05, 0) is 45.7 Å². The average molecular weight is 250 g/mol. The molecule has 2 heterocycles. The largest absolute Gasteiger partial charge is 0.448 e. The molecule has 2 rings (SSSR count).